The van der Waals surface area contributed by atoms with Crippen molar-refractivity contribution in [1.82, 2.24) is 24.7 Å². The third-order valence-electron chi connectivity index (χ3n) is 4.57. The average molecular weight is 399 g/mol. The van der Waals surface area contributed by atoms with Crippen molar-refractivity contribution in [3.63, 3.8) is 0 Å². The zero-order chi connectivity index (χ0) is 19.6. The lowest BCUT2D eigenvalue weighted by atomic mass is 10.2. The van der Waals surface area contributed by atoms with E-state index in [1.165, 1.54) is 0 Å². The zero-order valence-electron chi connectivity index (χ0n) is 15.7. The maximum Gasteiger partial charge on any atom is 0.205 e. The van der Waals surface area contributed by atoms with Crippen molar-refractivity contribution >= 4 is 22.8 Å². The predicted molar refractivity (Wildman–Crippen MR) is 113 cm³/mol. The molecule has 3 aromatic heterocycles. The van der Waals surface area contributed by atoms with Crippen LogP contribution in [0.5, 0.6) is 0 Å². The second-order valence-corrected chi connectivity index (χ2v) is 7.43. The molecule has 6 nitrogen and oxygen atoms in total. The number of aromatic nitrogens is 5. The van der Waals surface area contributed by atoms with Crippen molar-refractivity contribution in [3.05, 3.63) is 84.4 Å². The summed E-state index contributed by atoms with van der Waals surface area (Å²) in [6.45, 7) is 1.99. The third-order valence-corrected chi connectivity index (χ3v) is 5.51. The first-order valence-electron chi connectivity index (χ1n) is 9.19. The van der Waals surface area contributed by atoms with E-state index >= 15 is 0 Å². The van der Waals surface area contributed by atoms with Crippen LogP contribution in [0.4, 0.5) is 0 Å². The van der Waals surface area contributed by atoms with Gasteiger partial charge in [-0.25, -0.2) is 9.97 Å². The topological polar surface area (TPSA) is 69.6 Å². The number of thioether (sulfide) groups is 1. The van der Waals surface area contributed by atoms with Crippen molar-refractivity contribution in [2.45, 2.75) is 17.8 Å². The van der Waals surface area contributed by atoms with Crippen LogP contribution >= 0.6 is 11.8 Å². The monoisotopic (exact) mass is 399 g/mol. The molecule has 29 heavy (non-hydrogen) atoms. The predicted octanol–water partition coefficient (Wildman–Crippen LogP) is 5.07. The Kier molecular flexibility index (Phi) is 4.57. The number of nitrogens with zero attached hydrogens (tertiary/aromatic N) is 5. The van der Waals surface area contributed by atoms with E-state index in [-0.39, 0.29) is 0 Å². The summed E-state index contributed by atoms with van der Waals surface area (Å²) in [5.41, 5.74) is 4.65. The Morgan fingerprint density at radius 1 is 0.862 bits per heavy atom. The van der Waals surface area contributed by atoms with Crippen molar-refractivity contribution in [1.29, 1.82) is 0 Å². The lowest BCUT2D eigenvalue weighted by Crippen LogP contribution is -2.01. The summed E-state index contributed by atoms with van der Waals surface area (Å²) in [6, 6.07) is 21.7. The van der Waals surface area contributed by atoms with Gasteiger partial charge >= 0.3 is 0 Å². The summed E-state index contributed by atoms with van der Waals surface area (Å²) in [4.78, 5) is 9.47. The Hall–Kier alpha value is -3.45. The van der Waals surface area contributed by atoms with Crippen molar-refractivity contribution < 1.29 is 4.42 Å². The molecule has 0 bridgehead atoms. The van der Waals surface area contributed by atoms with Gasteiger partial charge in [-0.3, -0.25) is 4.57 Å². The molecule has 0 spiro atoms. The summed E-state index contributed by atoms with van der Waals surface area (Å²) < 4.78 is 7.58. The molecular weight excluding hydrogens is 382 g/mol. The van der Waals surface area contributed by atoms with Crippen LogP contribution in [0.2, 0.25) is 0 Å². The van der Waals surface area contributed by atoms with Gasteiger partial charge < -0.3 is 4.42 Å². The molecule has 3 heterocycles. The van der Waals surface area contributed by atoms with Crippen LogP contribution in [0.15, 0.2) is 82.6 Å². The van der Waals surface area contributed by atoms with Crippen LogP contribution in [0, 0.1) is 6.92 Å². The molecule has 0 saturated heterocycles. The van der Waals surface area contributed by atoms with E-state index in [0.29, 0.717) is 17.3 Å². The van der Waals surface area contributed by atoms with E-state index in [4.69, 9.17) is 9.40 Å². The van der Waals surface area contributed by atoms with Crippen LogP contribution in [-0.4, -0.2) is 24.7 Å². The fourth-order valence-electron chi connectivity index (χ4n) is 3.13. The molecule has 0 atom stereocenters. The van der Waals surface area contributed by atoms with E-state index in [0.717, 1.165) is 33.3 Å². The van der Waals surface area contributed by atoms with Gasteiger partial charge in [-0.15, -0.1) is 10.2 Å². The number of aryl methyl sites for hydroxylation is 1. The Morgan fingerprint density at radius 2 is 1.62 bits per heavy atom. The Balaban J connectivity index is 1.51. The Labute approximate surface area is 171 Å². The van der Waals surface area contributed by atoms with Crippen LogP contribution in [0.25, 0.3) is 28.3 Å². The van der Waals surface area contributed by atoms with Gasteiger partial charge in [0, 0.05) is 11.4 Å². The lowest BCUT2D eigenvalue weighted by Gasteiger charge is -2.10. The van der Waals surface area contributed by atoms with E-state index < -0.39 is 0 Å². The first kappa shape index (κ1) is 17.6. The minimum absolute atomic E-state index is 0.646. The number of benzene rings is 2. The minimum Gasteiger partial charge on any atom is -0.461 e. The van der Waals surface area contributed by atoms with E-state index in [9.17, 15) is 0 Å². The molecule has 5 rings (SSSR count). The molecular formula is C22H17N5OS. The smallest absolute Gasteiger partial charge is 0.205 e. The molecule has 2 aromatic carbocycles. The van der Waals surface area contributed by atoms with Gasteiger partial charge in [0.1, 0.15) is 0 Å². The van der Waals surface area contributed by atoms with Crippen molar-refractivity contribution in [3.8, 4) is 17.3 Å². The molecule has 142 valence electrons. The highest BCUT2D eigenvalue weighted by atomic mass is 32.2. The van der Waals surface area contributed by atoms with E-state index in [1.54, 1.807) is 18.0 Å². The van der Waals surface area contributed by atoms with Gasteiger partial charge in [0.2, 0.25) is 5.82 Å². The SMILES string of the molecule is Cc1nc2ccccc2nc1CSc1nnc(-c2ccco2)n1-c1ccccc1. The Morgan fingerprint density at radius 3 is 2.38 bits per heavy atom. The summed E-state index contributed by atoms with van der Waals surface area (Å²) >= 11 is 1.58. The van der Waals surface area contributed by atoms with Crippen LogP contribution < -0.4 is 0 Å². The van der Waals surface area contributed by atoms with Gasteiger partial charge in [0.25, 0.3) is 0 Å². The molecule has 5 aromatic rings. The van der Waals surface area contributed by atoms with Crippen LogP contribution in [0.1, 0.15) is 11.4 Å². The van der Waals surface area contributed by atoms with E-state index in [2.05, 4.69) is 15.2 Å². The number of hydrogen-bond donors (Lipinski definition) is 0. The lowest BCUT2D eigenvalue weighted by molar-refractivity contribution is 0.575. The number of hydrogen-bond acceptors (Lipinski definition) is 6. The van der Waals surface area contributed by atoms with Crippen molar-refractivity contribution in [2.24, 2.45) is 0 Å². The van der Waals surface area contributed by atoms with E-state index in [1.807, 2.05) is 78.2 Å². The molecule has 0 saturated carbocycles. The number of para-hydroxylation sites is 3. The number of rotatable bonds is 5. The summed E-state index contributed by atoms with van der Waals surface area (Å²) in [5, 5.41) is 9.58. The van der Waals surface area contributed by atoms with Gasteiger partial charge in [0.05, 0.1) is 28.7 Å². The highest BCUT2D eigenvalue weighted by Gasteiger charge is 2.18. The first-order chi connectivity index (χ1) is 14.3. The van der Waals surface area contributed by atoms with Crippen molar-refractivity contribution in [2.75, 3.05) is 0 Å². The minimum atomic E-state index is 0.646. The molecule has 0 amide bonds. The number of fused-ring (bicyclic) bond motifs is 1. The molecule has 0 radical (unpaired) electrons. The van der Waals surface area contributed by atoms with Gasteiger partial charge in [-0.1, -0.05) is 42.1 Å². The molecule has 0 aliphatic heterocycles. The normalized spacial score (nSPS) is 11.2. The van der Waals surface area contributed by atoms with Crippen LogP contribution in [-0.2, 0) is 5.75 Å². The highest BCUT2D eigenvalue weighted by Crippen LogP contribution is 2.30. The summed E-state index contributed by atoms with van der Waals surface area (Å²) in [5.74, 6) is 1.99. The largest absolute Gasteiger partial charge is 0.461 e. The molecule has 0 aliphatic carbocycles. The fraction of sp³-hybridized carbons (Fsp3) is 0.0909. The standard InChI is InChI=1S/C22H17N5OS/c1-15-19(24-18-11-6-5-10-17(18)23-15)14-29-22-26-25-21(20-12-7-13-28-20)27(22)16-8-3-2-4-9-16/h2-13H,14H2,1H3. The molecule has 0 fully saturated rings. The summed E-state index contributed by atoms with van der Waals surface area (Å²) in [6.07, 6.45) is 1.64. The second-order valence-electron chi connectivity index (χ2n) is 6.49. The molecule has 7 heteroatoms. The zero-order valence-corrected chi connectivity index (χ0v) is 16.5. The molecule has 0 unspecified atom stereocenters. The quantitative estimate of drug-likeness (QED) is 0.384. The summed E-state index contributed by atoms with van der Waals surface area (Å²) in [7, 11) is 0. The maximum absolute atomic E-state index is 5.57. The number of furan rings is 1. The maximum atomic E-state index is 5.57. The highest BCUT2D eigenvalue weighted by molar-refractivity contribution is 7.98. The van der Waals surface area contributed by atoms with Gasteiger partial charge in [-0.2, -0.15) is 0 Å². The third kappa shape index (κ3) is 3.40. The first-order valence-corrected chi connectivity index (χ1v) is 10.2. The Bertz CT molecular complexity index is 1270. The second kappa shape index (κ2) is 7.52. The molecule has 0 N–H and O–H groups in total. The van der Waals surface area contributed by atoms with Gasteiger partial charge in [0.15, 0.2) is 10.9 Å². The molecule has 0 aliphatic rings. The van der Waals surface area contributed by atoms with Crippen LogP contribution in [0.3, 0.4) is 0 Å². The van der Waals surface area contributed by atoms with Gasteiger partial charge in [-0.05, 0) is 43.3 Å². The fourth-order valence-corrected chi connectivity index (χ4v) is 4.09. The average Bonchev–Trinajstić information content (AvgIpc) is 3.42.